The lowest BCUT2D eigenvalue weighted by atomic mass is 9.92. The van der Waals surface area contributed by atoms with Crippen LogP contribution in [0, 0.1) is 0 Å². The molecule has 0 unspecified atom stereocenters. The summed E-state index contributed by atoms with van der Waals surface area (Å²) in [5, 5.41) is 14.1. The van der Waals surface area contributed by atoms with Crippen molar-refractivity contribution in [2.45, 2.75) is 37.6 Å². The summed E-state index contributed by atoms with van der Waals surface area (Å²) in [6, 6.07) is 18.8. The van der Waals surface area contributed by atoms with Crippen LogP contribution in [0.1, 0.15) is 32.0 Å². The number of benzene rings is 2. The predicted octanol–water partition coefficient (Wildman–Crippen LogP) is 3.35. The van der Waals surface area contributed by atoms with E-state index in [1.54, 1.807) is 10.9 Å². The first-order valence-corrected chi connectivity index (χ1v) is 11.0. The van der Waals surface area contributed by atoms with Crippen LogP contribution >= 0.6 is 0 Å². The monoisotopic (exact) mass is 413 g/mol. The summed E-state index contributed by atoms with van der Waals surface area (Å²) in [5.74, 6) is 0. The number of para-hydroxylation sites is 1. The molecule has 2 aromatic carbocycles. The van der Waals surface area contributed by atoms with Crippen molar-refractivity contribution >= 4 is 10.0 Å². The van der Waals surface area contributed by atoms with E-state index in [1.807, 2.05) is 81.4 Å². The van der Waals surface area contributed by atoms with Crippen LogP contribution in [0.25, 0.3) is 5.69 Å². The molecule has 7 heteroatoms. The molecule has 3 rings (SSSR count). The minimum absolute atomic E-state index is 0.0112. The fraction of sp³-hybridized carbons (Fsp3) is 0.318. The molecular formula is C22H27N3O3S. The molecule has 1 aromatic heterocycles. The van der Waals surface area contributed by atoms with Crippen LogP contribution in [0.3, 0.4) is 0 Å². The second-order valence-electron chi connectivity index (χ2n) is 7.92. The van der Waals surface area contributed by atoms with Crippen molar-refractivity contribution in [1.82, 2.24) is 14.1 Å². The Morgan fingerprint density at radius 3 is 2.14 bits per heavy atom. The zero-order valence-electron chi connectivity index (χ0n) is 17.0. The molecule has 0 atom stereocenters. The molecule has 29 heavy (non-hydrogen) atoms. The van der Waals surface area contributed by atoms with Crippen molar-refractivity contribution < 1.29 is 13.5 Å². The van der Waals surface area contributed by atoms with Gasteiger partial charge in [0.25, 0.3) is 0 Å². The number of aromatic nitrogens is 2. The van der Waals surface area contributed by atoms with Gasteiger partial charge in [-0.25, -0.2) is 13.1 Å². The van der Waals surface area contributed by atoms with Crippen LogP contribution in [-0.4, -0.2) is 40.8 Å². The molecule has 1 heterocycles. The first-order valence-electron chi connectivity index (χ1n) is 9.54. The third-order valence-corrected chi connectivity index (χ3v) is 6.43. The van der Waals surface area contributed by atoms with Crippen LogP contribution in [-0.2, 0) is 22.0 Å². The molecule has 3 aromatic rings. The molecule has 1 N–H and O–H groups in total. The molecule has 0 aliphatic rings. The van der Waals surface area contributed by atoms with Gasteiger partial charge in [-0.05, 0) is 17.7 Å². The van der Waals surface area contributed by atoms with Gasteiger partial charge >= 0.3 is 0 Å². The van der Waals surface area contributed by atoms with E-state index in [0.29, 0.717) is 5.69 Å². The van der Waals surface area contributed by atoms with E-state index >= 15 is 0 Å². The van der Waals surface area contributed by atoms with E-state index in [4.69, 9.17) is 0 Å². The van der Waals surface area contributed by atoms with E-state index in [-0.39, 0.29) is 24.6 Å². The second kappa shape index (κ2) is 8.49. The molecule has 0 saturated carbocycles. The summed E-state index contributed by atoms with van der Waals surface area (Å²) in [4.78, 5) is 0.165. The number of hydrogen-bond donors (Lipinski definition) is 1. The van der Waals surface area contributed by atoms with Crippen molar-refractivity contribution in [2.24, 2.45) is 0 Å². The molecule has 0 aliphatic carbocycles. The highest BCUT2D eigenvalue weighted by atomic mass is 32.2. The fourth-order valence-electron chi connectivity index (χ4n) is 3.10. The van der Waals surface area contributed by atoms with Crippen LogP contribution in [0.4, 0.5) is 0 Å². The second-order valence-corrected chi connectivity index (χ2v) is 9.83. The Morgan fingerprint density at radius 1 is 1.00 bits per heavy atom. The third-order valence-electron chi connectivity index (χ3n) is 4.58. The van der Waals surface area contributed by atoms with Gasteiger partial charge in [0.1, 0.15) is 4.90 Å². The van der Waals surface area contributed by atoms with Crippen molar-refractivity contribution in [3.63, 3.8) is 0 Å². The van der Waals surface area contributed by atoms with Crippen LogP contribution in [0.5, 0.6) is 0 Å². The number of sulfonamides is 1. The van der Waals surface area contributed by atoms with Crippen molar-refractivity contribution in [1.29, 1.82) is 0 Å². The van der Waals surface area contributed by atoms with Gasteiger partial charge in [0, 0.05) is 18.5 Å². The maximum absolute atomic E-state index is 13.6. The van der Waals surface area contributed by atoms with E-state index in [0.717, 1.165) is 11.3 Å². The van der Waals surface area contributed by atoms with Crippen LogP contribution < -0.4 is 0 Å². The van der Waals surface area contributed by atoms with Gasteiger partial charge < -0.3 is 5.11 Å². The minimum atomic E-state index is -3.87. The average molecular weight is 414 g/mol. The van der Waals surface area contributed by atoms with E-state index in [9.17, 15) is 13.5 Å². The predicted molar refractivity (Wildman–Crippen MR) is 113 cm³/mol. The largest absolute Gasteiger partial charge is 0.395 e. The number of rotatable bonds is 7. The Hall–Kier alpha value is -2.48. The lowest BCUT2D eigenvalue weighted by Gasteiger charge is -2.23. The summed E-state index contributed by atoms with van der Waals surface area (Å²) >= 11 is 0. The minimum Gasteiger partial charge on any atom is -0.395 e. The molecule has 0 amide bonds. The lowest BCUT2D eigenvalue weighted by Crippen LogP contribution is -2.34. The Labute approximate surface area is 172 Å². The normalized spacial score (nSPS) is 12.4. The molecule has 0 saturated heterocycles. The molecule has 0 fully saturated rings. The molecule has 154 valence electrons. The maximum atomic E-state index is 13.6. The molecule has 0 aliphatic heterocycles. The summed E-state index contributed by atoms with van der Waals surface area (Å²) in [6.45, 7) is 5.76. The number of hydrogen-bond acceptors (Lipinski definition) is 4. The smallest absolute Gasteiger partial charge is 0.246 e. The molecular weight excluding hydrogens is 386 g/mol. The van der Waals surface area contributed by atoms with Crippen molar-refractivity contribution in [3.05, 3.63) is 78.1 Å². The summed E-state index contributed by atoms with van der Waals surface area (Å²) in [5.41, 5.74) is 1.67. The average Bonchev–Trinajstić information content (AvgIpc) is 3.16. The van der Waals surface area contributed by atoms with Gasteiger partial charge in [-0.2, -0.15) is 9.40 Å². The van der Waals surface area contributed by atoms with Crippen LogP contribution in [0.2, 0.25) is 0 Å². The van der Waals surface area contributed by atoms with E-state index < -0.39 is 15.4 Å². The van der Waals surface area contributed by atoms with E-state index in [1.165, 1.54) is 4.31 Å². The van der Waals surface area contributed by atoms with Gasteiger partial charge in [0.05, 0.1) is 24.2 Å². The standard InChI is InChI=1S/C22H27N3O3S/c1-22(2,3)21-20(17-25(23-21)19-12-8-5-9-13-19)29(27,28)24(14-15-26)16-18-10-6-4-7-11-18/h4-13,17,26H,14-16H2,1-3H3. The quantitative estimate of drug-likeness (QED) is 0.645. The Bertz CT molecular complexity index is 1040. The highest BCUT2D eigenvalue weighted by molar-refractivity contribution is 7.89. The van der Waals surface area contributed by atoms with Crippen molar-refractivity contribution in [2.75, 3.05) is 13.2 Å². The molecule has 0 spiro atoms. The molecule has 6 nitrogen and oxygen atoms in total. The Balaban J connectivity index is 2.09. The van der Waals surface area contributed by atoms with Crippen LogP contribution in [0.15, 0.2) is 71.8 Å². The Kier molecular flexibility index (Phi) is 6.21. The molecule has 0 radical (unpaired) electrons. The van der Waals surface area contributed by atoms with Gasteiger partial charge in [0.2, 0.25) is 10.0 Å². The lowest BCUT2D eigenvalue weighted by molar-refractivity contribution is 0.251. The van der Waals surface area contributed by atoms with Gasteiger partial charge in [-0.15, -0.1) is 0 Å². The highest BCUT2D eigenvalue weighted by Gasteiger charge is 2.34. The number of nitrogens with zero attached hydrogens (tertiary/aromatic N) is 3. The highest BCUT2D eigenvalue weighted by Crippen LogP contribution is 2.31. The maximum Gasteiger partial charge on any atom is 0.246 e. The van der Waals surface area contributed by atoms with Gasteiger partial charge in [-0.1, -0.05) is 69.3 Å². The zero-order valence-corrected chi connectivity index (χ0v) is 17.8. The molecule has 0 bridgehead atoms. The summed E-state index contributed by atoms with van der Waals surface area (Å²) < 4.78 is 30.1. The number of aliphatic hydroxyl groups excluding tert-OH is 1. The first-order chi connectivity index (χ1) is 13.7. The SMILES string of the molecule is CC(C)(C)c1nn(-c2ccccc2)cc1S(=O)(=O)N(CCO)Cc1ccccc1. The first kappa shape index (κ1) is 21.2. The van der Waals surface area contributed by atoms with Gasteiger partial charge in [-0.3, -0.25) is 0 Å². The van der Waals surface area contributed by atoms with E-state index in [2.05, 4.69) is 5.10 Å². The zero-order chi connectivity index (χ0) is 21.1. The van der Waals surface area contributed by atoms with Crippen molar-refractivity contribution in [3.8, 4) is 5.69 Å². The fourth-order valence-corrected chi connectivity index (χ4v) is 4.84. The number of aliphatic hydroxyl groups is 1. The Morgan fingerprint density at radius 2 is 1.59 bits per heavy atom. The van der Waals surface area contributed by atoms with Gasteiger partial charge in [0.15, 0.2) is 0 Å². The summed E-state index contributed by atoms with van der Waals surface area (Å²) in [6.07, 6.45) is 1.57. The topological polar surface area (TPSA) is 75.4 Å². The summed E-state index contributed by atoms with van der Waals surface area (Å²) in [7, 11) is -3.87. The third kappa shape index (κ3) is 4.75.